The summed E-state index contributed by atoms with van der Waals surface area (Å²) in [5.74, 6) is 0.817. The van der Waals surface area contributed by atoms with Crippen molar-refractivity contribution in [2.75, 3.05) is 0 Å². The summed E-state index contributed by atoms with van der Waals surface area (Å²) in [4.78, 5) is 0. The molecular formula is C10H22OY. The second kappa shape index (κ2) is 7.47. The topological polar surface area (TPSA) is 20.2 Å². The normalized spacial score (nSPS) is 13.8. The Morgan fingerprint density at radius 3 is 2.17 bits per heavy atom. The molecule has 71 valence electrons. The third-order valence-corrected chi connectivity index (χ3v) is 2.18. The van der Waals surface area contributed by atoms with Crippen LogP contribution in [0.5, 0.6) is 0 Å². The Morgan fingerprint density at radius 1 is 1.33 bits per heavy atom. The molecule has 1 radical (unpaired) electrons. The van der Waals surface area contributed by atoms with Gasteiger partial charge >= 0.3 is 0 Å². The van der Waals surface area contributed by atoms with Crippen molar-refractivity contribution in [2.45, 2.75) is 59.0 Å². The Hall–Kier alpha value is 1.06. The van der Waals surface area contributed by atoms with E-state index in [0.29, 0.717) is 0 Å². The summed E-state index contributed by atoms with van der Waals surface area (Å²) in [5, 5.41) is 9.40. The van der Waals surface area contributed by atoms with E-state index < -0.39 is 5.60 Å². The fourth-order valence-corrected chi connectivity index (χ4v) is 1.09. The molecule has 0 saturated heterocycles. The minimum atomic E-state index is -0.465. The molecule has 0 bridgehead atoms. The number of hydrogen-bond donors (Lipinski definition) is 1. The second-order valence-corrected chi connectivity index (χ2v) is 4.22. The minimum Gasteiger partial charge on any atom is -0.390 e. The molecule has 0 aromatic heterocycles. The van der Waals surface area contributed by atoms with Gasteiger partial charge < -0.3 is 5.11 Å². The van der Waals surface area contributed by atoms with Crippen LogP contribution in [-0.4, -0.2) is 10.7 Å². The van der Waals surface area contributed by atoms with E-state index in [2.05, 4.69) is 13.8 Å². The molecule has 1 unspecified atom stereocenters. The van der Waals surface area contributed by atoms with Crippen LogP contribution < -0.4 is 0 Å². The van der Waals surface area contributed by atoms with Gasteiger partial charge in [0, 0.05) is 32.7 Å². The van der Waals surface area contributed by atoms with Crippen molar-refractivity contribution in [3.05, 3.63) is 0 Å². The Bertz CT molecular complexity index is 96.5. The van der Waals surface area contributed by atoms with Gasteiger partial charge in [-0.3, -0.25) is 0 Å². The van der Waals surface area contributed by atoms with Crippen molar-refractivity contribution in [2.24, 2.45) is 5.92 Å². The zero-order chi connectivity index (χ0) is 8.91. The second-order valence-electron chi connectivity index (χ2n) is 4.22. The molecule has 1 atom stereocenters. The monoisotopic (exact) mass is 247 g/mol. The van der Waals surface area contributed by atoms with Crippen LogP contribution in [-0.2, 0) is 32.7 Å². The average molecular weight is 247 g/mol. The third kappa shape index (κ3) is 11.1. The quantitative estimate of drug-likeness (QED) is 0.791. The predicted molar refractivity (Wildman–Crippen MR) is 49.6 cm³/mol. The SMILES string of the molecule is CCC(C)CCCC(C)(C)O.[Y]. The molecule has 0 aliphatic heterocycles. The van der Waals surface area contributed by atoms with Gasteiger partial charge in [0.1, 0.15) is 0 Å². The summed E-state index contributed by atoms with van der Waals surface area (Å²) in [7, 11) is 0. The Morgan fingerprint density at radius 2 is 1.83 bits per heavy atom. The van der Waals surface area contributed by atoms with Crippen LogP contribution in [0.1, 0.15) is 53.4 Å². The Kier molecular flexibility index (Phi) is 9.66. The smallest absolute Gasteiger partial charge is 0.0591 e. The molecule has 2 heteroatoms. The number of rotatable bonds is 5. The van der Waals surface area contributed by atoms with E-state index in [-0.39, 0.29) is 32.7 Å². The van der Waals surface area contributed by atoms with E-state index in [1.807, 2.05) is 13.8 Å². The van der Waals surface area contributed by atoms with E-state index in [9.17, 15) is 5.11 Å². The standard InChI is InChI=1S/C10H22O.Y/c1-5-9(2)7-6-8-10(3,4)11;/h9,11H,5-8H2,1-4H3;. The number of hydrogen-bond acceptors (Lipinski definition) is 1. The van der Waals surface area contributed by atoms with Crippen molar-refractivity contribution >= 4 is 0 Å². The average Bonchev–Trinajstić information content (AvgIpc) is 1.85. The van der Waals surface area contributed by atoms with Gasteiger partial charge in [-0.25, -0.2) is 0 Å². The van der Waals surface area contributed by atoms with Crippen LogP contribution in [0.4, 0.5) is 0 Å². The molecule has 0 aromatic carbocycles. The molecule has 0 rings (SSSR count). The first-order chi connectivity index (χ1) is 4.95. The van der Waals surface area contributed by atoms with E-state index in [0.717, 1.165) is 18.8 Å². The molecule has 0 aliphatic carbocycles. The van der Waals surface area contributed by atoms with Gasteiger partial charge in [0.15, 0.2) is 0 Å². The van der Waals surface area contributed by atoms with Crippen LogP contribution in [0.3, 0.4) is 0 Å². The Balaban J connectivity index is 0. The van der Waals surface area contributed by atoms with E-state index in [1.165, 1.54) is 12.8 Å². The summed E-state index contributed by atoms with van der Waals surface area (Å²) in [6.07, 6.45) is 4.59. The van der Waals surface area contributed by atoms with Gasteiger partial charge in [0.25, 0.3) is 0 Å². The first-order valence-corrected chi connectivity index (χ1v) is 4.68. The van der Waals surface area contributed by atoms with Crippen molar-refractivity contribution in [1.29, 1.82) is 0 Å². The summed E-state index contributed by atoms with van der Waals surface area (Å²) in [6.45, 7) is 8.24. The van der Waals surface area contributed by atoms with Crippen molar-refractivity contribution in [3.63, 3.8) is 0 Å². The van der Waals surface area contributed by atoms with E-state index >= 15 is 0 Å². The summed E-state index contributed by atoms with van der Waals surface area (Å²) >= 11 is 0. The molecule has 0 saturated carbocycles. The van der Waals surface area contributed by atoms with Crippen LogP contribution in [0.25, 0.3) is 0 Å². The van der Waals surface area contributed by atoms with Crippen LogP contribution in [0.2, 0.25) is 0 Å². The predicted octanol–water partition coefficient (Wildman–Crippen LogP) is 2.97. The Labute approximate surface area is 102 Å². The molecule has 0 amide bonds. The molecule has 1 N–H and O–H groups in total. The maximum Gasteiger partial charge on any atom is 0.0591 e. The first kappa shape index (κ1) is 15.5. The van der Waals surface area contributed by atoms with Gasteiger partial charge in [0.05, 0.1) is 5.60 Å². The third-order valence-electron chi connectivity index (χ3n) is 2.18. The van der Waals surface area contributed by atoms with E-state index in [4.69, 9.17) is 0 Å². The summed E-state index contributed by atoms with van der Waals surface area (Å²) in [5.41, 5.74) is -0.465. The fourth-order valence-electron chi connectivity index (χ4n) is 1.09. The van der Waals surface area contributed by atoms with Gasteiger partial charge in [-0.05, 0) is 26.2 Å². The van der Waals surface area contributed by atoms with Gasteiger partial charge in [-0.15, -0.1) is 0 Å². The van der Waals surface area contributed by atoms with Crippen molar-refractivity contribution in [3.8, 4) is 0 Å². The zero-order valence-corrected chi connectivity index (χ0v) is 11.8. The summed E-state index contributed by atoms with van der Waals surface area (Å²) in [6, 6.07) is 0. The van der Waals surface area contributed by atoms with Gasteiger partial charge in [-0.2, -0.15) is 0 Å². The zero-order valence-electron chi connectivity index (χ0n) is 8.93. The van der Waals surface area contributed by atoms with Crippen LogP contribution >= 0.6 is 0 Å². The summed E-state index contributed by atoms with van der Waals surface area (Å²) < 4.78 is 0. The van der Waals surface area contributed by atoms with Crippen LogP contribution in [0, 0.1) is 5.92 Å². The molecule has 0 aromatic rings. The fraction of sp³-hybridized carbons (Fsp3) is 1.00. The molecule has 0 spiro atoms. The van der Waals surface area contributed by atoms with Gasteiger partial charge in [-0.1, -0.05) is 33.1 Å². The first-order valence-electron chi connectivity index (χ1n) is 4.68. The van der Waals surface area contributed by atoms with E-state index in [1.54, 1.807) is 0 Å². The molecule has 12 heavy (non-hydrogen) atoms. The maximum atomic E-state index is 9.40. The molecule has 0 fully saturated rings. The number of aliphatic hydroxyl groups is 1. The largest absolute Gasteiger partial charge is 0.390 e. The van der Waals surface area contributed by atoms with Gasteiger partial charge in [0.2, 0.25) is 0 Å². The molecular weight excluding hydrogens is 225 g/mol. The molecule has 1 nitrogen and oxygen atoms in total. The van der Waals surface area contributed by atoms with Crippen molar-refractivity contribution in [1.82, 2.24) is 0 Å². The molecule has 0 aliphatic rings. The maximum absolute atomic E-state index is 9.40. The molecule has 0 heterocycles. The van der Waals surface area contributed by atoms with Crippen molar-refractivity contribution < 1.29 is 37.8 Å². The van der Waals surface area contributed by atoms with Crippen LogP contribution in [0.15, 0.2) is 0 Å². The minimum absolute atomic E-state index is 0.